The van der Waals surface area contributed by atoms with E-state index in [0.29, 0.717) is 31.7 Å². The summed E-state index contributed by atoms with van der Waals surface area (Å²) in [5.41, 5.74) is 0. The normalized spacial score (nSPS) is 11.0. The van der Waals surface area contributed by atoms with Gasteiger partial charge in [0.15, 0.2) is 0 Å². The standard InChI is InChI=1S/C12H19I2O3PS.C12H20IO3PS.C4H9.Li.H2O/c1-3-5-7-16-18(15,17-8-6-4-2)10-9-11(13)19-12(10)14;1-3-5-7-15-17(14,16-8-6-4-2)11-9-12(13)18-10-11;1-3-4-2;;/h9H,3-8H2,1-2H3;9-10H,3-8H2,1-2H3;1,3-4H2,2H3;;1H2/q;;-1;+1;. The van der Waals surface area contributed by atoms with Gasteiger partial charge in [-0.2, -0.15) is 6.42 Å². The first kappa shape index (κ1) is 49.8. The van der Waals surface area contributed by atoms with Gasteiger partial charge in [0.1, 0.15) is 0 Å². The van der Waals surface area contributed by atoms with Crippen LogP contribution >= 0.6 is 106 Å². The van der Waals surface area contributed by atoms with Gasteiger partial charge in [-0.1, -0.05) is 66.7 Å². The number of hydrogen-bond acceptors (Lipinski definition) is 8. The van der Waals surface area contributed by atoms with Crippen LogP contribution in [0.25, 0.3) is 0 Å². The monoisotopic (exact) mass is 1010 g/mol. The maximum atomic E-state index is 13.0. The first-order chi connectivity index (χ1) is 19.6. The largest absolute Gasteiger partial charge is 1.00 e. The van der Waals surface area contributed by atoms with E-state index in [2.05, 4.69) is 109 Å². The van der Waals surface area contributed by atoms with Gasteiger partial charge < -0.3 is 30.5 Å². The summed E-state index contributed by atoms with van der Waals surface area (Å²) in [6.45, 7) is 16.0. The molecule has 15 heteroatoms. The van der Waals surface area contributed by atoms with Crippen molar-refractivity contribution in [2.45, 2.75) is 98.8 Å². The zero-order chi connectivity index (χ0) is 31.2. The minimum Gasteiger partial charge on any atom is -0.412 e. The predicted octanol–water partition coefficient (Wildman–Crippen LogP) is 8.01. The van der Waals surface area contributed by atoms with Crippen molar-refractivity contribution in [1.29, 1.82) is 0 Å². The van der Waals surface area contributed by atoms with Gasteiger partial charge >= 0.3 is 34.1 Å². The first-order valence-electron chi connectivity index (χ1n) is 14.3. The van der Waals surface area contributed by atoms with Crippen molar-refractivity contribution >= 4 is 116 Å². The summed E-state index contributed by atoms with van der Waals surface area (Å²) in [6.07, 6.45) is 9.98. The van der Waals surface area contributed by atoms with Gasteiger partial charge in [0.05, 0.1) is 45.7 Å². The molecule has 7 nitrogen and oxygen atoms in total. The Morgan fingerprint density at radius 3 is 1.37 bits per heavy atom. The molecule has 0 aliphatic heterocycles. The second-order valence-corrected chi connectivity index (χ2v) is 20.5. The van der Waals surface area contributed by atoms with Gasteiger partial charge in [0.25, 0.3) is 0 Å². The Labute approximate surface area is 322 Å². The molecule has 2 rings (SSSR count). The molecule has 0 radical (unpaired) electrons. The number of thiophene rings is 2. The van der Waals surface area contributed by atoms with Gasteiger partial charge in [0.2, 0.25) is 0 Å². The second kappa shape index (κ2) is 30.5. The molecular weight excluding hydrogens is 962 g/mol. The fourth-order valence-corrected chi connectivity index (χ4v) is 13.2. The summed E-state index contributed by atoms with van der Waals surface area (Å²) in [6, 6.07) is 3.82. The topological polar surface area (TPSA) is 103 Å². The van der Waals surface area contributed by atoms with Gasteiger partial charge in [-0.15, -0.1) is 22.7 Å². The molecule has 0 atom stereocenters. The maximum Gasteiger partial charge on any atom is 1.00 e. The van der Waals surface area contributed by atoms with Gasteiger partial charge in [-0.3, -0.25) is 9.13 Å². The van der Waals surface area contributed by atoms with Gasteiger partial charge in [-0.25, -0.2) is 0 Å². The van der Waals surface area contributed by atoms with Gasteiger partial charge in [0, 0.05) is 5.38 Å². The Morgan fingerprint density at radius 2 is 1.09 bits per heavy atom. The van der Waals surface area contributed by atoms with E-state index in [1.54, 1.807) is 22.7 Å². The Hall–Kier alpha value is 2.45. The van der Waals surface area contributed by atoms with E-state index in [0.717, 1.165) is 71.7 Å². The third-order valence-electron chi connectivity index (χ3n) is 5.19. The molecule has 0 saturated carbocycles. The van der Waals surface area contributed by atoms with E-state index >= 15 is 0 Å². The number of hydrogen-bond donors (Lipinski definition) is 0. The van der Waals surface area contributed by atoms with Crippen LogP contribution in [0.5, 0.6) is 0 Å². The molecule has 2 aromatic rings. The molecule has 0 fully saturated rings. The Kier molecular flexibility index (Phi) is 35.3. The molecule has 0 aliphatic carbocycles. The molecule has 0 bridgehead atoms. The minimum absolute atomic E-state index is 0. The van der Waals surface area contributed by atoms with Crippen LogP contribution in [0.4, 0.5) is 0 Å². The van der Waals surface area contributed by atoms with E-state index in [1.807, 2.05) is 17.5 Å². The van der Waals surface area contributed by atoms with Crippen LogP contribution in [0.1, 0.15) is 98.8 Å². The van der Waals surface area contributed by atoms with Crippen molar-refractivity contribution in [3.63, 3.8) is 0 Å². The third kappa shape index (κ3) is 21.9. The van der Waals surface area contributed by atoms with Crippen LogP contribution in [-0.4, -0.2) is 31.9 Å². The van der Waals surface area contributed by atoms with Crippen LogP contribution in [-0.2, 0) is 27.2 Å². The van der Waals surface area contributed by atoms with E-state index in [4.69, 9.17) is 18.1 Å². The van der Waals surface area contributed by atoms with Crippen molar-refractivity contribution < 1.29 is 51.6 Å². The molecule has 0 saturated heterocycles. The Morgan fingerprint density at radius 1 is 0.698 bits per heavy atom. The smallest absolute Gasteiger partial charge is 0.412 e. The minimum atomic E-state index is -3.15. The van der Waals surface area contributed by atoms with Crippen LogP contribution in [0.3, 0.4) is 0 Å². The summed E-state index contributed by atoms with van der Waals surface area (Å²) in [5.74, 6) is 0. The fraction of sp³-hybridized carbons (Fsp3) is 0.679. The molecule has 2 heterocycles. The molecule has 43 heavy (non-hydrogen) atoms. The average Bonchev–Trinajstić information content (AvgIpc) is 3.54. The zero-order valence-corrected chi connectivity index (χ0v) is 36.5. The summed E-state index contributed by atoms with van der Waals surface area (Å²) in [5, 5.41) is 3.30. The van der Waals surface area contributed by atoms with Crippen molar-refractivity contribution in [3.05, 3.63) is 33.1 Å². The quantitative estimate of drug-likeness (QED) is 0.0465. The zero-order valence-electron chi connectivity index (χ0n) is 26.6. The van der Waals surface area contributed by atoms with Crippen LogP contribution < -0.4 is 29.5 Å². The Bertz CT molecular complexity index is 998. The molecule has 0 spiro atoms. The number of rotatable bonds is 19. The van der Waals surface area contributed by atoms with Gasteiger partial charge in [-0.05, 0) is 106 Å². The summed E-state index contributed by atoms with van der Waals surface area (Å²) in [7, 11) is -6.25. The Balaban J connectivity index is -0.000000635. The molecular formula is C28H50I3LiO7P2S2. The molecule has 2 N–H and O–H groups in total. The molecule has 248 valence electrons. The molecule has 0 unspecified atom stereocenters. The molecule has 2 aromatic heterocycles. The van der Waals surface area contributed by atoms with Crippen molar-refractivity contribution in [2.75, 3.05) is 26.4 Å². The maximum absolute atomic E-state index is 13.0. The fourth-order valence-electron chi connectivity index (χ4n) is 2.64. The summed E-state index contributed by atoms with van der Waals surface area (Å²) < 4.78 is 51.3. The van der Waals surface area contributed by atoms with Crippen LogP contribution in [0.15, 0.2) is 17.5 Å². The molecule has 0 aromatic carbocycles. The van der Waals surface area contributed by atoms with E-state index in [9.17, 15) is 9.13 Å². The van der Waals surface area contributed by atoms with E-state index < -0.39 is 15.2 Å². The number of halogens is 3. The van der Waals surface area contributed by atoms with Crippen LogP contribution in [0, 0.1) is 15.6 Å². The third-order valence-corrected chi connectivity index (χ3v) is 14.6. The predicted molar refractivity (Wildman–Crippen MR) is 209 cm³/mol. The SMILES string of the molecule is CCCCOP(=O)(OCCCC)c1cc(I)sc1I.CCCCOP(=O)(OCCCC)c1csc(I)c1.O.[CH2-]CCC.[Li+]. The number of unbranched alkanes of at least 4 members (excludes halogenated alkanes) is 5. The summed E-state index contributed by atoms with van der Waals surface area (Å²) in [4.78, 5) is 0. The van der Waals surface area contributed by atoms with E-state index in [1.165, 1.54) is 6.42 Å². The van der Waals surface area contributed by atoms with Crippen molar-refractivity contribution in [3.8, 4) is 0 Å². The molecule has 0 amide bonds. The first-order valence-corrected chi connectivity index (χ1v) is 22.4. The van der Waals surface area contributed by atoms with Crippen LogP contribution in [0.2, 0.25) is 0 Å². The summed E-state index contributed by atoms with van der Waals surface area (Å²) >= 11 is 9.84. The average molecular weight is 1010 g/mol. The van der Waals surface area contributed by atoms with Crippen molar-refractivity contribution in [1.82, 2.24) is 0 Å². The second-order valence-electron chi connectivity index (χ2n) is 8.91. The molecule has 0 aliphatic rings. The van der Waals surface area contributed by atoms with E-state index in [-0.39, 0.29) is 24.3 Å². The van der Waals surface area contributed by atoms with Crippen molar-refractivity contribution in [2.24, 2.45) is 0 Å².